The summed E-state index contributed by atoms with van der Waals surface area (Å²) in [6.45, 7) is 6.00. The standard InChI is InChI=1S/C20H36F2N4O/c21-19(22)16-25-11-7-18(8-12-25)23-20(27)26-10-4-9-24(13-14-26)15-17-5-2-1-3-6-17/h17-19H,1-16H2,(H,23,27). The summed E-state index contributed by atoms with van der Waals surface area (Å²) >= 11 is 0. The number of hydrogen-bond donors (Lipinski definition) is 1. The summed E-state index contributed by atoms with van der Waals surface area (Å²) in [5, 5.41) is 3.14. The van der Waals surface area contributed by atoms with Gasteiger partial charge < -0.3 is 15.1 Å². The van der Waals surface area contributed by atoms with Gasteiger partial charge in [-0.3, -0.25) is 4.90 Å². The second-order valence-electron chi connectivity index (χ2n) is 8.56. The number of nitrogens with zero attached hydrogens (tertiary/aromatic N) is 3. The van der Waals surface area contributed by atoms with Crippen molar-refractivity contribution < 1.29 is 13.6 Å². The van der Waals surface area contributed by atoms with Crippen LogP contribution in [0.25, 0.3) is 0 Å². The fourth-order valence-electron chi connectivity index (χ4n) is 4.81. The van der Waals surface area contributed by atoms with Gasteiger partial charge in [-0.05, 0) is 44.6 Å². The van der Waals surface area contributed by atoms with Crippen LogP contribution in [-0.2, 0) is 0 Å². The average molecular weight is 387 g/mol. The Kier molecular flexibility index (Phi) is 8.12. The first-order chi connectivity index (χ1) is 13.1. The maximum absolute atomic E-state index is 12.6. The normalized spacial score (nSPS) is 24.9. The van der Waals surface area contributed by atoms with E-state index in [2.05, 4.69) is 10.2 Å². The quantitative estimate of drug-likeness (QED) is 0.789. The highest BCUT2D eigenvalue weighted by atomic mass is 19.3. The molecule has 0 aromatic carbocycles. The Labute approximate surface area is 162 Å². The van der Waals surface area contributed by atoms with Crippen molar-refractivity contribution in [3.8, 4) is 0 Å². The van der Waals surface area contributed by atoms with Crippen molar-refractivity contribution in [2.75, 3.05) is 52.4 Å². The predicted octanol–water partition coefficient (Wildman–Crippen LogP) is 3.01. The number of carbonyl (C=O) groups is 1. The Morgan fingerprint density at radius 3 is 2.30 bits per heavy atom. The highest BCUT2D eigenvalue weighted by molar-refractivity contribution is 5.74. The van der Waals surface area contributed by atoms with Gasteiger partial charge in [0.15, 0.2) is 0 Å². The Morgan fingerprint density at radius 1 is 0.852 bits per heavy atom. The lowest BCUT2D eigenvalue weighted by atomic mass is 9.89. The first-order valence-electron chi connectivity index (χ1n) is 10.9. The minimum atomic E-state index is -2.27. The molecule has 0 atom stereocenters. The Bertz CT molecular complexity index is 451. The van der Waals surface area contributed by atoms with E-state index in [1.807, 2.05) is 4.90 Å². The fourth-order valence-corrected chi connectivity index (χ4v) is 4.81. The first kappa shape index (κ1) is 20.8. The lowest BCUT2D eigenvalue weighted by Gasteiger charge is -2.33. The summed E-state index contributed by atoms with van der Waals surface area (Å²) in [4.78, 5) is 18.9. The molecule has 2 amide bonds. The number of rotatable bonds is 5. The molecule has 3 fully saturated rings. The number of amides is 2. The van der Waals surface area contributed by atoms with E-state index in [1.54, 1.807) is 4.90 Å². The van der Waals surface area contributed by atoms with Crippen molar-refractivity contribution >= 4 is 6.03 Å². The number of urea groups is 1. The largest absolute Gasteiger partial charge is 0.335 e. The molecule has 0 unspecified atom stereocenters. The van der Waals surface area contributed by atoms with Crippen LogP contribution < -0.4 is 5.32 Å². The zero-order valence-corrected chi connectivity index (χ0v) is 16.6. The number of piperidine rings is 1. The van der Waals surface area contributed by atoms with E-state index < -0.39 is 6.43 Å². The first-order valence-corrected chi connectivity index (χ1v) is 10.9. The van der Waals surface area contributed by atoms with Gasteiger partial charge in [-0.15, -0.1) is 0 Å². The van der Waals surface area contributed by atoms with E-state index in [9.17, 15) is 13.6 Å². The molecule has 2 heterocycles. The maximum atomic E-state index is 12.6. The third-order valence-corrected chi connectivity index (χ3v) is 6.43. The molecule has 1 N–H and O–H groups in total. The van der Waals surface area contributed by atoms with Crippen LogP contribution in [0.15, 0.2) is 0 Å². The van der Waals surface area contributed by atoms with E-state index in [1.165, 1.54) is 38.6 Å². The summed E-state index contributed by atoms with van der Waals surface area (Å²) in [6.07, 6.45) is 7.17. The van der Waals surface area contributed by atoms with Gasteiger partial charge in [-0.25, -0.2) is 13.6 Å². The van der Waals surface area contributed by atoms with E-state index in [0.717, 1.165) is 51.4 Å². The van der Waals surface area contributed by atoms with Crippen LogP contribution in [0.1, 0.15) is 51.4 Å². The molecule has 3 rings (SSSR count). The smallest absolute Gasteiger partial charge is 0.317 e. The van der Waals surface area contributed by atoms with Gasteiger partial charge in [0.1, 0.15) is 0 Å². The fraction of sp³-hybridized carbons (Fsp3) is 0.950. The highest BCUT2D eigenvalue weighted by Gasteiger charge is 2.26. The van der Waals surface area contributed by atoms with Crippen LogP contribution in [0.2, 0.25) is 0 Å². The molecular weight excluding hydrogens is 350 g/mol. The predicted molar refractivity (Wildman–Crippen MR) is 103 cm³/mol. The molecule has 0 aromatic heterocycles. The van der Waals surface area contributed by atoms with Crippen LogP contribution in [0, 0.1) is 5.92 Å². The van der Waals surface area contributed by atoms with Gasteiger partial charge in [0.05, 0.1) is 6.54 Å². The van der Waals surface area contributed by atoms with Gasteiger partial charge in [-0.1, -0.05) is 19.3 Å². The van der Waals surface area contributed by atoms with E-state index in [0.29, 0.717) is 13.1 Å². The molecule has 0 radical (unpaired) electrons. The minimum Gasteiger partial charge on any atom is -0.335 e. The Hall–Kier alpha value is -0.950. The summed E-state index contributed by atoms with van der Waals surface area (Å²) in [6, 6.07) is 0.148. The molecule has 5 nitrogen and oxygen atoms in total. The summed E-state index contributed by atoms with van der Waals surface area (Å²) in [7, 11) is 0. The highest BCUT2D eigenvalue weighted by Crippen LogP contribution is 2.24. The molecule has 27 heavy (non-hydrogen) atoms. The third-order valence-electron chi connectivity index (χ3n) is 6.43. The van der Waals surface area contributed by atoms with Gasteiger partial charge >= 0.3 is 6.03 Å². The number of halogens is 2. The van der Waals surface area contributed by atoms with E-state index >= 15 is 0 Å². The molecule has 0 spiro atoms. The Morgan fingerprint density at radius 2 is 1.59 bits per heavy atom. The number of carbonyl (C=O) groups excluding carboxylic acids is 1. The van der Waals surface area contributed by atoms with Crippen molar-refractivity contribution in [2.45, 2.75) is 63.8 Å². The zero-order valence-electron chi connectivity index (χ0n) is 16.6. The van der Waals surface area contributed by atoms with Crippen LogP contribution in [0.5, 0.6) is 0 Å². The molecule has 156 valence electrons. The SMILES string of the molecule is O=C(NC1CCN(CC(F)F)CC1)N1CCCN(CC2CCCCC2)CC1. The van der Waals surface area contributed by atoms with Gasteiger partial charge in [-0.2, -0.15) is 0 Å². The van der Waals surface area contributed by atoms with E-state index in [-0.39, 0.29) is 18.6 Å². The maximum Gasteiger partial charge on any atom is 0.317 e. The number of likely N-dealkylation sites (tertiary alicyclic amines) is 1. The van der Waals surface area contributed by atoms with Crippen LogP contribution in [0.3, 0.4) is 0 Å². The summed E-state index contributed by atoms with van der Waals surface area (Å²) < 4.78 is 24.9. The zero-order chi connectivity index (χ0) is 19.1. The molecule has 0 aromatic rings. The number of nitrogens with one attached hydrogen (secondary N) is 1. The molecule has 0 bridgehead atoms. The van der Waals surface area contributed by atoms with E-state index in [4.69, 9.17) is 0 Å². The average Bonchev–Trinajstić information content (AvgIpc) is 2.89. The third kappa shape index (κ3) is 6.86. The van der Waals surface area contributed by atoms with Crippen molar-refractivity contribution in [3.63, 3.8) is 0 Å². The van der Waals surface area contributed by atoms with Crippen molar-refractivity contribution in [3.05, 3.63) is 0 Å². The van der Waals surface area contributed by atoms with Crippen molar-refractivity contribution in [2.24, 2.45) is 5.92 Å². The van der Waals surface area contributed by atoms with Gasteiger partial charge in [0, 0.05) is 45.3 Å². The monoisotopic (exact) mass is 386 g/mol. The molecule has 3 aliphatic rings. The second kappa shape index (κ2) is 10.6. The molecule has 7 heteroatoms. The Balaban J connectivity index is 1.36. The van der Waals surface area contributed by atoms with Crippen LogP contribution in [0.4, 0.5) is 13.6 Å². The summed E-state index contributed by atoms with van der Waals surface area (Å²) in [5.41, 5.74) is 0. The molecule has 2 aliphatic heterocycles. The van der Waals surface area contributed by atoms with Crippen molar-refractivity contribution in [1.82, 2.24) is 20.0 Å². The second-order valence-corrected chi connectivity index (χ2v) is 8.56. The molecular formula is C20H36F2N4O. The molecule has 2 saturated heterocycles. The molecule has 1 aliphatic carbocycles. The topological polar surface area (TPSA) is 38.8 Å². The lowest BCUT2D eigenvalue weighted by Crippen LogP contribution is -2.50. The lowest BCUT2D eigenvalue weighted by molar-refractivity contribution is 0.0730. The number of alkyl halides is 2. The van der Waals surface area contributed by atoms with Crippen LogP contribution in [-0.4, -0.2) is 85.6 Å². The van der Waals surface area contributed by atoms with Gasteiger partial charge in [0.2, 0.25) is 0 Å². The van der Waals surface area contributed by atoms with Crippen LogP contribution >= 0.6 is 0 Å². The van der Waals surface area contributed by atoms with Gasteiger partial charge in [0.25, 0.3) is 6.43 Å². The van der Waals surface area contributed by atoms with Crippen molar-refractivity contribution in [1.29, 1.82) is 0 Å². The summed E-state index contributed by atoms with van der Waals surface area (Å²) in [5.74, 6) is 0.845. The number of hydrogen-bond acceptors (Lipinski definition) is 3. The molecule has 1 saturated carbocycles. The minimum absolute atomic E-state index is 0.0295.